The Morgan fingerprint density at radius 1 is 1.04 bits per heavy atom. The molecule has 1 saturated carbocycles. The van der Waals surface area contributed by atoms with Crippen LogP contribution in [0.25, 0.3) is 0 Å². The minimum atomic E-state index is -0.158. The quantitative estimate of drug-likeness (QED) is 0.755. The summed E-state index contributed by atoms with van der Waals surface area (Å²) in [6.07, 6.45) is 8.28. The van der Waals surface area contributed by atoms with Gasteiger partial charge in [0.25, 0.3) is 5.91 Å². The van der Waals surface area contributed by atoms with E-state index in [9.17, 15) is 4.79 Å². The second-order valence-corrected chi connectivity index (χ2v) is 6.64. The zero-order chi connectivity index (χ0) is 19.1. The molecule has 0 radical (unpaired) electrons. The second-order valence-electron chi connectivity index (χ2n) is 6.64. The van der Waals surface area contributed by atoms with E-state index in [0.29, 0.717) is 23.0 Å². The van der Waals surface area contributed by atoms with Crippen LogP contribution >= 0.6 is 0 Å². The number of nitrogens with one attached hydrogen (secondary N) is 2. The lowest BCUT2D eigenvalue weighted by molar-refractivity contribution is 0.0928. The normalized spacial score (nSPS) is 14.9. The summed E-state index contributed by atoms with van der Waals surface area (Å²) in [4.78, 5) is 20.9. The SMILES string of the molecule is COc1ccc(Nc2cc(C(=O)NC3CCCCCC3)ncn2)c(OC)c1. The lowest BCUT2D eigenvalue weighted by Crippen LogP contribution is -2.34. The highest BCUT2D eigenvalue weighted by atomic mass is 16.5. The fraction of sp³-hybridized carbons (Fsp3) is 0.450. The fourth-order valence-corrected chi connectivity index (χ4v) is 3.27. The molecule has 1 amide bonds. The van der Waals surface area contributed by atoms with Crippen LogP contribution in [-0.2, 0) is 0 Å². The highest BCUT2D eigenvalue weighted by Crippen LogP contribution is 2.31. The number of ether oxygens (including phenoxy) is 2. The summed E-state index contributed by atoms with van der Waals surface area (Å²) in [5.74, 6) is 1.69. The maximum absolute atomic E-state index is 12.6. The van der Waals surface area contributed by atoms with Crippen LogP contribution in [0.15, 0.2) is 30.6 Å². The molecule has 1 aromatic heterocycles. The summed E-state index contributed by atoms with van der Waals surface area (Å²) >= 11 is 0. The van der Waals surface area contributed by atoms with Crippen LogP contribution < -0.4 is 20.1 Å². The molecule has 2 N–H and O–H groups in total. The third-order valence-corrected chi connectivity index (χ3v) is 4.76. The van der Waals surface area contributed by atoms with Crippen LogP contribution in [0.3, 0.4) is 0 Å². The summed E-state index contributed by atoms with van der Waals surface area (Å²) < 4.78 is 10.6. The Bertz CT molecular complexity index is 774. The third-order valence-electron chi connectivity index (χ3n) is 4.76. The van der Waals surface area contributed by atoms with E-state index in [1.807, 2.05) is 12.1 Å². The number of anilines is 2. The Hall–Kier alpha value is -2.83. The van der Waals surface area contributed by atoms with Gasteiger partial charge in [0.15, 0.2) is 0 Å². The van der Waals surface area contributed by atoms with Crippen LogP contribution in [0.5, 0.6) is 11.5 Å². The molecule has 0 spiro atoms. The summed E-state index contributed by atoms with van der Waals surface area (Å²) in [7, 11) is 3.19. The minimum Gasteiger partial charge on any atom is -0.497 e. The van der Waals surface area contributed by atoms with E-state index in [2.05, 4.69) is 20.6 Å². The van der Waals surface area contributed by atoms with Gasteiger partial charge >= 0.3 is 0 Å². The van der Waals surface area contributed by atoms with Crippen molar-refractivity contribution >= 4 is 17.4 Å². The van der Waals surface area contributed by atoms with E-state index in [0.717, 1.165) is 18.5 Å². The molecule has 0 atom stereocenters. The van der Waals surface area contributed by atoms with E-state index in [1.54, 1.807) is 26.4 Å². The average Bonchev–Trinajstić information content (AvgIpc) is 2.97. The van der Waals surface area contributed by atoms with Gasteiger partial charge in [0.2, 0.25) is 0 Å². The number of aromatic nitrogens is 2. The number of carbonyl (C=O) groups is 1. The summed E-state index contributed by atoms with van der Waals surface area (Å²) in [6, 6.07) is 7.32. The number of methoxy groups -OCH3 is 2. The Balaban J connectivity index is 1.70. The molecule has 7 nitrogen and oxygen atoms in total. The first kappa shape index (κ1) is 18.9. The monoisotopic (exact) mass is 370 g/mol. The molecule has 144 valence electrons. The highest BCUT2D eigenvalue weighted by Gasteiger charge is 2.17. The standard InChI is InChI=1S/C20H26N4O3/c1-26-15-9-10-16(18(11-15)27-2)24-19-12-17(21-13-22-19)20(25)23-14-7-5-3-4-6-8-14/h9-14H,3-8H2,1-2H3,(H,23,25)(H,21,22,24). The lowest BCUT2D eigenvalue weighted by atomic mass is 10.1. The molecule has 1 aromatic carbocycles. The largest absolute Gasteiger partial charge is 0.497 e. The van der Waals surface area contributed by atoms with Crippen LogP contribution in [0.4, 0.5) is 11.5 Å². The van der Waals surface area contributed by atoms with E-state index >= 15 is 0 Å². The first-order chi connectivity index (χ1) is 13.2. The Kier molecular flexibility index (Phi) is 6.46. The van der Waals surface area contributed by atoms with Gasteiger partial charge in [-0.25, -0.2) is 9.97 Å². The van der Waals surface area contributed by atoms with Crippen LogP contribution in [0.2, 0.25) is 0 Å². The molecule has 2 aromatic rings. The Labute approximate surface area is 159 Å². The van der Waals surface area contributed by atoms with Gasteiger partial charge < -0.3 is 20.1 Å². The van der Waals surface area contributed by atoms with Gasteiger partial charge in [-0.15, -0.1) is 0 Å². The molecule has 0 aliphatic heterocycles. The van der Waals surface area contributed by atoms with Crippen LogP contribution in [-0.4, -0.2) is 36.1 Å². The van der Waals surface area contributed by atoms with Crippen molar-refractivity contribution < 1.29 is 14.3 Å². The van der Waals surface area contributed by atoms with Crippen molar-refractivity contribution in [3.63, 3.8) is 0 Å². The molecular weight excluding hydrogens is 344 g/mol. The van der Waals surface area contributed by atoms with Crippen molar-refractivity contribution in [1.82, 2.24) is 15.3 Å². The molecule has 27 heavy (non-hydrogen) atoms. The summed E-state index contributed by atoms with van der Waals surface area (Å²) in [6.45, 7) is 0. The van der Waals surface area contributed by atoms with Gasteiger partial charge in [-0.05, 0) is 25.0 Å². The molecule has 1 heterocycles. The number of nitrogens with zero attached hydrogens (tertiary/aromatic N) is 2. The number of amides is 1. The van der Waals surface area contributed by atoms with E-state index in [4.69, 9.17) is 9.47 Å². The van der Waals surface area contributed by atoms with Crippen molar-refractivity contribution in [2.75, 3.05) is 19.5 Å². The number of carbonyl (C=O) groups excluding carboxylic acids is 1. The van der Waals surface area contributed by atoms with Crippen molar-refractivity contribution in [2.45, 2.75) is 44.6 Å². The van der Waals surface area contributed by atoms with Crippen LogP contribution in [0.1, 0.15) is 49.0 Å². The summed E-state index contributed by atoms with van der Waals surface area (Å²) in [5, 5.41) is 6.28. The molecule has 0 saturated heterocycles. The molecule has 0 bridgehead atoms. The third kappa shape index (κ3) is 5.09. The van der Waals surface area contributed by atoms with Crippen molar-refractivity contribution in [3.05, 3.63) is 36.3 Å². The van der Waals surface area contributed by atoms with Crippen molar-refractivity contribution in [3.8, 4) is 11.5 Å². The Morgan fingerprint density at radius 2 is 1.81 bits per heavy atom. The molecule has 1 aliphatic rings. The van der Waals surface area contributed by atoms with E-state index < -0.39 is 0 Å². The molecule has 1 aliphatic carbocycles. The topological polar surface area (TPSA) is 85.4 Å². The van der Waals surface area contributed by atoms with Crippen LogP contribution in [0, 0.1) is 0 Å². The summed E-state index contributed by atoms with van der Waals surface area (Å²) in [5.41, 5.74) is 1.08. The molecule has 7 heteroatoms. The van der Waals surface area contributed by atoms with Gasteiger partial charge in [0.05, 0.1) is 19.9 Å². The molecular formula is C20H26N4O3. The second kappa shape index (κ2) is 9.21. The van der Waals surface area contributed by atoms with Gasteiger partial charge in [-0.3, -0.25) is 4.79 Å². The molecule has 3 rings (SSSR count). The zero-order valence-electron chi connectivity index (χ0n) is 15.8. The van der Waals surface area contributed by atoms with Crippen molar-refractivity contribution in [1.29, 1.82) is 0 Å². The van der Waals surface area contributed by atoms with Gasteiger partial charge in [-0.1, -0.05) is 25.7 Å². The highest BCUT2D eigenvalue weighted by molar-refractivity contribution is 5.93. The van der Waals surface area contributed by atoms with E-state index in [1.165, 1.54) is 32.0 Å². The predicted octanol–water partition coefficient (Wildman–Crippen LogP) is 3.69. The smallest absolute Gasteiger partial charge is 0.270 e. The number of hydrogen-bond acceptors (Lipinski definition) is 6. The number of benzene rings is 1. The predicted molar refractivity (Wildman–Crippen MR) is 104 cm³/mol. The van der Waals surface area contributed by atoms with Gasteiger partial charge in [-0.2, -0.15) is 0 Å². The zero-order valence-corrected chi connectivity index (χ0v) is 15.8. The fourth-order valence-electron chi connectivity index (χ4n) is 3.27. The van der Waals surface area contributed by atoms with Crippen molar-refractivity contribution in [2.24, 2.45) is 0 Å². The lowest BCUT2D eigenvalue weighted by Gasteiger charge is -2.16. The average molecular weight is 370 g/mol. The molecule has 1 fully saturated rings. The van der Waals surface area contributed by atoms with Gasteiger partial charge in [0.1, 0.15) is 29.3 Å². The van der Waals surface area contributed by atoms with Gasteiger partial charge in [0, 0.05) is 18.2 Å². The number of hydrogen-bond donors (Lipinski definition) is 2. The first-order valence-corrected chi connectivity index (χ1v) is 9.31. The molecule has 0 unspecified atom stereocenters. The maximum Gasteiger partial charge on any atom is 0.270 e. The minimum absolute atomic E-state index is 0.158. The van der Waals surface area contributed by atoms with E-state index in [-0.39, 0.29) is 11.9 Å². The number of rotatable bonds is 6. The first-order valence-electron chi connectivity index (χ1n) is 9.31. The maximum atomic E-state index is 12.6. The Morgan fingerprint density at radius 3 is 2.52 bits per heavy atom.